The molecule has 6 nitrogen and oxygen atoms in total. The first-order valence-corrected chi connectivity index (χ1v) is 10.1. The number of hydrogen-bond acceptors (Lipinski definition) is 4. The van der Waals surface area contributed by atoms with Crippen LogP contribution in [-0.2, 0) is 0 Å². The molecule has 3 rings (SSSR count). The molecule has 1 atom stereocenters. The number of benzene rings is 2. The first-order chi connectivity index (χ1) is 14.4. The Hall–Kier alpha value is -3.09. The van der Waals surface area contributed by atoms with Crippen LogP contribution in [0.25, 0.3) is 0 Å². The van der Waals surface area contributed by atoms with Crippen molar-refractivity contribution in [3.63, 3.8) is 0 Å². The summed E-state index contributed by atoms with van der Waals surface area (Å²) < 4.78 is 24.7. The van der Waals surface area contributed by atoms with E-state index in [1.807, 2.05) is 13.8 Å². The molecule has 1 saturated heterocycles. The van der Waals surface area contributed by atoms with Crippen LogP contribution in [0.2, 0.25) is 0 Å². The molecule has 7 heteroatoms. The highest BCUT2D eigenvalue weighted by atomic mass is 19.1. The molecule has 30 heavy (non-hydrogen) atoms. The van der Waals surface area contributed by atoms with E-state index in [4.69, 9.17) is 9.47 Å². The SMILES string of the molecule is COc1ccc(C(=O)N2CCC[C@H]2COc2ccc(C(=O)NC(C)C)cc2)cc1F. The smallest absolute Gasteiger partial charge is 0.254 e. The minimum atomic E-state index is -0.558. The van der Waals surface area contributed by atoms with Crippen LogP contribution in [0.3, 0.4) is 0 Å². The molecule has 2 aromatic carbocycles. The van der Waals surface area contributed by atoms with Crippen LogP contribution in [0.4, 0.5) is 4.39 Å². The Balaban J connectivity index is 1.60. The van der Waals surface area contributed by atoms with Crippen LogP contribution in [-0.4, -0.2) is 49.1 Å². The van der Waals surface area contributed by atoms with Gasteiger partial charge in [-0.25, -0.2) is 4.39 Å². The lowest BCUT2D eigenvalue weighted by atomic mass is 10.1. The molecular weight excluding hydrogens is 387 g/mol. The summed E-state index contributed by atoms with van der Waals surface area (Å²) >= 11 is 0. The quantitative estimate of drug-likeness (QED) is 0.751. The summed E-state index contributed by atoms with van der Waals surface area (Å²) in [5.74, 6) is -0.166. The first-order valence-electron chi connectivity index (χ1n) is 10.1. The van der Waals surface area contributed by atoms with Crippen molar-refractivity contribution in [2.24, 2.45) is 0 Å². The summed E-state index contributed by atoms with van der Waals surface area (Å²) in [4.78, 5) is 26.6. The third-order valence-corrected chi connectivity index (χ3v) is 5.02. The number of methoxy groups -OCH3 is 1. The van der Waals surface area contributed by atoms with Crippen LogP contribution in [0.15, 0.2) is 42.5 Å². The van der Waals surface area contributed by atoms with Gasteiger partial charge in [0.1, 0.15) is 12.4 Å². The van der Waals surface area contributed by atoms with Gasteiger partial charge in [0.05, 0.1) is 13.2 Å². The Morgan fingerprint density at radius 1 is 1.17 bits per heavy atom. The van der Waals surface area contributed by atoms with E-state index < -0.39 is 5.82 Å². The lowest BCUT2D eigenvalue weighted by Crippen LogP contribution is -2.39. The van der Waals surface area contributed by atoms with E-state index in [9.17, 15) is 14.0 Å². The standard InChI is InChI=1S/C23H27FN2O4/c1-15(2)25-22(27)16-6-9-19(10-7-16)30-14-18-5-4-12-26(18)23(28)17-8-11-21(29-3)20(24)13-17/h6-11,13,15,18H,4-5,12,14H2,1-3H3,(H,25,27)/t18-/m0/s1. The highest BCUT2D eigenvalue weighted by Crippen LogP contribution is 2.24. The fourth-order valence-electron chi connectivity index (χ4n) is 3.48. The molecule has 0 aromatic heterocycles. The van der Waals surface area contributed by atoms with Crippen molar-refractivity contribution in [1.82, 2.24) is 10.2 Å². The van der Waals surface area contributed by atoms with E-state index >= 15 is 0 Å². The molecule has 0 saturated carbocycles. The largest absolute Gasteiger partial charge is 0.494 e. The first kappa shape index (κ1) is 21.6. The fraction of sp³-hybridized carbons (Fsp3) is 0.391. The van der Waals surface area contributed by atoms with Gasteiger partial charge < -0.3 is 19.7 Å². The Kier molecular flexibility index (Phi) is 6.92. The van der Waals surface area contributed by atoms with Gasteiger partial charge in [0.15, 0.2) is 11.6 Å². The lowest BCUT2D eigenvalue weighted by Gasteiger charge is -2.25. The van der Waals surface area contributed by atoms with E-state index in [1.54, 1.807) is 35.2 Å². The number of halogens is 1. The van der Waals surface area contributed by atoms with E-state index in [-0.39, 0.29) is 29.6 Å². The second-order valence-electron chi connectivity index (χ2n) is 7.61. The monoisotopic (exact) mass is 414 g/mol. The van der Waals surface area contributed by atoms with Crippen LogP contribution < -0.4 is 14.8 Å². The zero-order chi connectivity index (χ0) is 21.7. The van der Waals surface area contributed by atoms with Gasteiger partial charge in [-0.1, -0.05) is 0 Å². The number of carbonyl (C=O) groups is 2. The maximum atomic E-state index is 14.0. The summed E-state index contributed by atoms with van der Waals surface area (Å²) in [7, 11) is 1.39. The van der Waals surface area contributed by atoms with Gasteiger partial charge in [0.2, 0.25) is 0 Å². The normalized spacial score (nSPS) is 15.9. The third kappa shape index (κ3) is 5.09. The summed E-state index contributed by atoms with van der Waals surface area (Å²) in [6.45, 7) is 4.76. The number of carbonyl (C=O) groups excluding carboxylic acids is 2. The van der Waals surface area contributed by atoms with Crippen molar-refractivity contribution in [2.75, 3.05) is 20.3 Å². The molecule has 1 aliphatic heterocycles. The molecule has 1 heterocycles. The van der Waals surface area contributed by atoms with Crippen LogP contribution >= 0.6 is 0 Å². The van der Waals surface area contributed by atoms with Gasteiger partial charge in [-0.2, -0.15) is 0 Å². The number of nitrogens with zero attached hydrogens (tertiary/aromatic N) is 1. The summed E-state index contributed by atoms with van der Waals surface area (Å²) in [6, 6.07) is 11.1. The number of ether oxygens (including phenoxy) is 2. The zero-order valence-corrected chi connectivity index (χ0v) is 17.5. The number of rotatable bonds is 7. The second-order valence-corrected chi connectivity index (χ2v) is 7.61. The second kappa shape index (κ2) is 9.61. The molecule has 0 unspecified atom stereocenters. The van der Waals surface area contributed by atoms with E-state index in [1.165, 1.54) is 19.2 Å². The third-order valence-electron chi connectivity index (χ3n) is 5.02. The maximum absolute atomic E-state index is 14.0. The highest BCUT2D eigenvalue weighted by Gasteiger charge is 2.30. The summed E-state index contributed by atoms with van der Waals surface area (Å²) in [5.41, 5.74) is 0.857. The van der Waals surface area contributed by atoms with Crippen LogP contribution in [0.5, 0.6) is 11.5 Å². The molecule has 2 aromatic rings. The molecule has 160 valence electrons. The number of likely N-dealkylation sites (tertiary alicyclic amines) is 1. The molecule has 1 aliphatic rings. The van der Waals surface area contributed by atoms with Crippen molar-refractivity contribution in [1.29, 1.82) is 0 Å². The van der Waals surface area contributed by atoms with E-state index in [2.05, 4.69) is 5.32 Å². The Morgan fingerprint density at radius 3 is 2.50 bits per heavy atom. The molecular formula is C23H27FN2O4. The fourth-order valence-corrected chi connectivity index (χ4v) is 3.48. The van der Waals surface area contributed by atoms with Crippen LogP contribution in [0.1, 0.15) is 47.4 Å². The Morgan fingerprint density at radius 2 is 1.87 bits per heavy atom. The molecule has 1 N–H and O–H groups in total. The number of nitrogens with one attached hydrogen (secondary N) is 1. The molecule has 0 aliphatic carbocycles. The van der Waals surface area contributed by atoms with Gasteiger partial charge in [0.25, 0.3) is 11.8 Å². The molecule has 2 amide bonds. The van der Waals surface area contributed by atoms with Gasteiger partial charge >= 0.3 is 0 Å². The van der Waals surface area contributed by atoms with Crippen LogP contribution in [0, 0.1) is 5.82 Å². The van der Waals surface area contributed by atoms with Gasteiger partial charge in [0, 0.05) is 23.7 Å². The maximum Gasteiger partial charge on any atom is 0.254 e. The Bertz CT molecular complexity index is 899. The summed E-state index contributed by atoms with van der Waals surface area (Å²) in [5, 5.41) is 2.84. The predicted molar refractivity (Wildman–Crippen MR) is 112 cm³/mol. The lowest BCUT2D eigenvalue weighted by molar-refractivity contribution is 0.0690. The number of hydrogen-bond donors (Lipinski definition) is 1. The van der Waals surface area contributed by atoms with Gasteiger partial charge in [-0.3, -0.25) is 9.59 Å². The topological polar surface area (TPSA) is 67.9 Å². The minimum absolute atomic E-state index is 0.0680. The van der Waals surface area contributed by atoms with Crippen molar-refractivity contribution in [3.8, 4) is 11.5 Å². The minimum Gasteiger partial charge on any atom is -0.494 e. The van der Waals surface area contributed by atoms with E-state index in [0.29, 0.717) is 30.0 Å². The average Bonchev–Trinajstić information content (AvgIpc) is 3.20. The summed E-state index contributed by atoms with van der Waals surface area (Å²) in [6.07, 6.45) is 1.69. The van der Waals surface area contributed by atoms with Crippen molar-refractivity contribution < 1.29 is 23.5 Å². The molecule has 0 radical (unpaired) electrons. The van der Waals surface area contributed by atoms with Gasteiger partial charge in [-0.05, 0) is 69.2 Å². The zero-order valence-electron chi connectivity index (χ0n) is 17.5. The molecule has 0 spiro atoms. The van der Waals surface area contributed by atoms with E-state index in [0.717, 1.165) is 12.8 Å². The molecule has 0 bridgehead atoms. The van der Waals surface area contributed by atoms with Crippen molar-refractivity contribution in [3.05, 3.63) is 59.4 Å². The highest BCUT2D eigenvalue weighted by molar-refractivity contribution is 5.95. The average molecular weight is 414 g/mol. The van der Waals surface area contributed by atoms with Gasteiger partial charge in [-0.15, -0.1) is 0 Å². The Labute approximate surface area is 176 Å². The predicted octanol–water partition coefficient (Wildman–Crippen LogP) is 3.66. The molecule has 1 fully saturated rings. The van der Waals surface area contributed by atoms with Crippen molar-refractivity contribution >= 4 is 11.8 Å². The van der Waals surface area contributed by atoms with Crippen molar-refractivity contribution in [2.45, 2.75) is 38.8 Å². The number of amides is 2.